The van der Waals surface area contributed by atoms with Gasteiger partial charge in [-0.2, -0.15) is 0 Å². The predicted octanol–water partition coefficient (Wildman–Crippen LogP) is 1.82. The molecule has 1 atom stereocenters. The summed E-state index contributed by atoms with van der Waals surface area (Å²) in [5.74, 6) is 0. The summed E-state index contributed by atoms with van der Waals surface area (Å²) in [5.41, 5.74) is 4.16. The fourth-order valence-corrected chi connectivity index (χ4v) is 1.59. The number of hydrogen-bond donors (Lipinski definition) is 0. The lowest BCUT2D eigenvalue weighted by Gasteiger charge is -2.20. The summed E-state index contributed by atoms with van der Waals surface area (Å²) in [6.07, 6.45) is 1.13. The lowest BCUT2D eigenvalue weighted by atomic mass is 9.88. The Labute approximate surface area is 71.2 Å². The van der Waals surface area contributed by atoms with Crippen LogP contribution in [0, 0.1) is 0 Å². The average molecular weight is 162 g/mol. The number of fused-ring (bicyclic) bond motifs is 1. The molecule has 0 saturated carbocycles. The van der Waals surface area contributed by atoms with Gasteiger partial charge in [-0.05, 0) is 29.7 Å². The number of rotatable bonds is 0. The number of ether oxygens (including phenoxy) is 1. The lowest BCUT2D eigenvalue weighted by molar-refractivity contribution is -0.106. The first-order valence-electron chi connectivity index (χ1n) is 4.01. The monoisotopic (exact) mass is 162 g/mol. The molecule has 4 rings (SSSR count). The van der Waals surface area contributed by atoms with Gasteiger partial charge in [-0.3, -0.25) is 0 Å². The summed E-state index contributed by atoms with van der Waals surface area (Å²) in [4.78, 5) is 8.81. The van der Waals surface area contributed by atoms with Crippen molar-refractivity contribution in [3.8, 4) is 0 Å². The maximum atomic E-state index is 8.81. The van der Waals surface area contributed by atoms with Gasteiger partial charge in [0, 0.05) is 0 Å². The minimum absolute atomic E-state index is 0.380. The first-order chi connectivity index (χ1) is 5.86. The number of carbonyl (C=O) groups excluding carboxylic acids is 1. The molecule has 2 heteroatoms. The van der Waals surface area contributed by atoms with Gasteiger partial charge in [0.2, 0.25) is 0 Å². The van der Waals surface area contributed by atoms with Crippen LogP contribution in [0.15, 0.2) is 18.2 Å². The minimum atomic E-state index is 0.380. The zero-order valence-electron chi connectivity index (χ0n) is 6.91. The summed E-state index contributed by atoms with van der Waals surface area (Å²) in [7, 11) is 0. The molecule has 0 radical (unpaired) electrons. The highest BCUT2D eigenvalue weighted by molar-refractivity contribution is 5.49. The zero-order valence-corrected chi connectivity index (χ0v) is 6.91. The van der Waals surface area contributed by atoms with E-state index < -0.39 is 0 Å². The van der Waals surface area contributed by atoms with E-state index in [1.54, 1.807) is 0 Å². The molecule has 2 nitrogen and oxygen atoms in total. The van der Waals surface area contributed by atoms with Crippen LogP contribution in [0.3, 0.4) is 0 Å². The van der Waals surface area contributed by atoms with Gasteiger partial charge in [-0.15, -0.1) is 0 Å². The van der Waals surface area contributed by atoms with Gasteiger partial charge < -0.3 is 9.53 Å². The smallest absolute Gasteiger partial charge is 0.116 e. The molecule has 0 aromatic heterocycles. The second-order valence-electron chi connectivity index (χ2n) is 2.88. The highest BCUT2D eigenvalue weighted by atomic mass is 16.5. The molecule has 1 heterocycles. The largest absolute Gasteiger partial charge is 0.364 e. The number of benzene rings is 1. The third-order valence-corrected chi connectivity index (χ3v) is 2.16. The molecular formula is C10H10O2. The van der Waals surface area contributed by atoms with Crippen molar-refractivity contribution >= 4 is 6.29 Å². The molecule has 2 aliphatic carbocycles. The average Bonchev–Trinajstić information content (AvgIpc) is 2.25. The molecule has 0 fully saturated rings. The van der Waals surface area contributed by atoms with Gasteiger partial charge in [0.1, 0.15) is 12.4 Å². The summed E-state index contributed by atoms with van der Waals surface area (Å²) in [6, 6.07) is 6.53. The number of carbonyl (C=O) groups is 1. The maximum absolute atomic E-state index is 8.81. The fraction of sp³-hybridized carbons (Fsp3) is 0.300. The van der Waals surface area contributed by atoms with Crippen molar-refractivity contribution in [1.29, 1.82) is 0 Å². The summed E-state index contributed by atoms with van der Waals surface area (Å²) in [5, 5.41) is 0. The predicted molar refractivity (Wildman–Crippen MR) is 44.8 cm³/mol. The minimum Gasteiger partial charge on any atom is -0.364 e. The van der Waals surface area contributed by atoms with E-state index in [9.17, 15) is 0 Å². The van der Waals surface area contributed by atoms with Crippen LogP contribution in [0.4, 0.5) is 0 Å². The Bertz CT molecular complexity index is 309. The third-order valence-electron chi connectivity index (χ3n) is 2.16. The van der Waals surface area contributed by atoms with Crippen LogP contribution in [0.5, 0.6) is 0 Å². The Morgan fingerprint density at radius 3 is 2.83 bits per heavy atom. The van der Waals surface area contributed by atoms with Crippen LogP contribution in [-0.2, 0) is 16.1 Å². The van der Waals surface area contributed by atoms with Crippen molar-refractivity contribution in [3.63, 3.8) is 0 Å². The molecule has 1 aliphatic heterocycles. The second-order valence-corrected chi connectivity index (χ2v) is 2.88. The molecule has 1 unspecified atom stereocenters. The van der Waals surface area contributed by atoms with Crippen molar-refractivity contribution in [2.24, 2.45) is 0 Å². The third kappa shape index (κ3) is 0.883. The van der Waals surface area contributed by atoms with Crippen LogP contribution >= 0.6 is 0 Å². The van der Waals surface area contributed by atoms with Crippen LogP contribution in [-0.4, -0.2) is 6.29 Å². The molecule has 62 valence electrons. The molecule has 1 aromatic carbocycles. The van der Waals surface area contributed by atoms with E-state index in [2.05, 4.69) is 18.2 Å². The maximum Gasteiger partial charge on any atom is 0.116 e. The van der Waals surface area contributed by atoms with E-state index in [-0.39, 0.29) is 0 Å². The van der Waals surface area contributed by atoms with Gasteiger partial charge in [0.05, 0.1) is 6.61 Å². The molecule has 0 spiro atoms. The quantitative estimate of drug-likeness (QED) is 0.544. The van der Waals surface area contributed by atoms with Gasteiger partial charge in [0.25, 0.3) is 0 Å². The van der Waals surface area contributed by atoms with Gasteiger partial charge >= 0.3 is 0 Å². The number of hydrogen-bond acceptors (Lipinski definition) is 2. The molecule has 12 heavy (non-hydrogen) atoms. The van der Waals surface area contributed by atoms with Crippen LogP contribution in [0.1, 0.15) is 29.7 Å². The second kappa shape index (κ2) is 2.72. The van der Waals surface area contributed by atoms with Crippen molar-refractivity contribution < 1.29 is 9.53 Å². The Morgan fingerprint density at radius 2 is 2.33 bits per heavy atom. The Kier molecular flexibility index (Phi) is 1.70. The highest BCUT2D eigenvalue weighted by Gasteiger charge is 2.32. The Morgan fingerprint density at radius 1 is 1.58 bits per heavy atom. The van der Waals surface area contributed by atoms with E-state index in [1.807, 2.05) is 0 Å². The number of aldehydes is 1. The first kappa shape index (κ1) is 7.50. The van der Waals surface area contributed by atoms with Gasteiger partial charge in [-0.1, -0.05) is 12.1 Å². The van der Waals surface area contributed by atoms with E-state index in [1.165, 1.54) is 23.6 Å². The van der Waals surface area contributed by atoms with E-state index >= 15 is 0 Å². The summed E-state index contributed by atoms with van der Waals surface area (Å²) in [6.45, 7) is 2.27. The lowest BCUT2D eigenvalue weighted by Crippen LogP contribution is -2.07. The molecule has 0 saturated heterocycles. The van der Waals surface area contributed by atoms with E-state index in [4.69, 9.17) is 9.53 Å². The van der Waals surface area contributed by atoms with Crippen molar-refractivity contribution in [2.45, 2.75) is 19.6 Å². The molecular weight excluding hydrogens is 152 g/mol. The Balaban J connectivity index is 0.000000169. The first-order valence-corrected chi connectivity index (χ1v) is 4.01. The van der Waals surface area contributed by atoms with Crippen molar-refractivity contribution in [3.05, 3.63) is 34.9 Å². The van der Waals surface area contributed by atoms with Crippen molar-refractivity contribution in [2.75, 3.05) is 0 Å². The standard InChI is InChI=1S/C8H6O.C2H4O/c1-2-6-4-9-8-5(1)3-7(6)8;1-2-3/h1-3,8H,4H2;2H,1H3. The SMILES string of the molecule is CC=O.c1cc2c3cc1C3OC2. The van der Waals surface area contributed by atoms with E-state index in [0.29, 0.717) is 6.10 Å². The fourth-order valence-electron chi connectivity index (χ4n) is 1.59. The summed E-state index contributed by atoms with van der Waals surface area (Å²) >= 11 is 0. The van der Waals surface area contributed by atoms with E-state index in [0.717, 1.165) is 12.9 Å². The van der Waals surface area contributed by atoms with Crippen LogP contribution < -0.4 is 0 Å². The summed E-state index contributed by atoms with van der Waals surface area (Å²) < 4.78 is 5.43. The topological polar surface area (TPSA) is 26.3 Å². The molecule has 0 N–H and O–H groups in total. The molecule has 3 aliphatic rings. The normalized spacial score (nSPS) is 20.6. The zero-order chi connectivity index (χ0) is 8.55. The van der Waals surface area contributed by atoms with Gasteiger partial charge in [-0.25, -0.2) is 0 Å². The van der Waals surface area contributed by atoms with Crippen LogP contribution in [0.25, 0.3) is 0 Å². The molecule has 4 bridgehead atoms. The highest BCUT2D eigenvalue weighted by Crippen LogP contribution is 2.44. The van der Waals surface area contributed by atoms with Crippen LogP contribution in [0.2, 0.25) is 0 Å². The van der Waals surface area contributed by atoms with Gasteiger partial charge in [0.15, 0.2) is 0 Å². The van der Waals surface area contributed by atoms with Crippen molar-refractivity contribution in [1.82, 2.24) is 0 Å². The Hall–Kier alpha value is -1.15. The molecule has 1 aromatic rings. The molecule has 0 amide bonds.